The van der Waals surface area contributed by atoms with E-state index in [1.54, 1.807) is 0 Å². The number of likely N-dealkylation sites (tertiary alicyclic amines) is 1. The van der Waals surface area contributed by atoms with E-state index in [4.69, 9.17) is 18.0 Å². The predicted octanol–water partition coefficient (Wildman–Crippen LogP) is 1.63. The predicted molar refractivity (Wildman–Crippen MR) is 83.1 cm³/mol. The van der Waals surface area contributed by atoms with Crippen molar-refractivity contribution in [2.24, 2.45) is 11.1 Å². The Balaban J connectivity index is 2.82. The summed E-state index contributed by atoms with van der Waals surface area (Å²) in [5.74, 6) is 0.0968. The molecule has 1 rings (SSSR count). The summed E-state index contributed by atoms with van der Waals surface area (Å²) in [6.07, 6.45) is 3.41. The second-order valence-corrected chi connectivity index (χ2v) is 6.04. The number of amides is 1. The van der Waals surface area contributed by atoms with Crippen molar-refractivity contribution in [2.75, 3.05) is 27.2 Å². The van der Waals surface area contributed by atoms with E-state index in [0.717, 1.165) is 25.9 Å². The van der Waals surface area contributed by atoms with E-state index >= 15 is 0 Å². The summed E-state index contributed by atoms with van der Waals surface area (Å²) in [6.45, 7) is 6.06. The van der Waals surface area contributed by atoms with E-state index in [-0.39, 0.29) is 5.91 Å². The minimum absolute atomic E-state index is 0.0968. The van der Waals surface area contributed by atoms with Crippen molar-refractivity contribution < 1.29 is 4.79 Å². The lowest BCUT2D eigenvalue weighted by molar-refractivity contribution is -0.140. The van der Waals surface area contributed by atoms with Crippen LogP contribution in [0.3, 0.4) is 0 Å². The zero-order valence-corrected chi connectivity index (χ0v) is 13.4. The van der Waals surface area contributed by atoms with Crippen LogP contribution in [0, 0.1) is 5.41 Å². The molecular formula is C14H27N3OS. The third kappa shape index (κ3) is 3.26. The minimum Gasteiger partial charge on any atom is -0.392 e. The molecule has 0 bridgehead atoms. The van der Waals surface area contributed by atoms with Crippen molar-refractivity contribution in [3.63, 3.8) is 0 Å². The SMILES string of the molecule is CCC(CC)(C(=O)N(C)C1CCN(C)CC1)C(N)=S. The molecule has 0 aromatic heterocycles. The van der Waals surface area contributed by atoms with Gasteiger partial charge < -0.3 is 15.5 Å². The number of nitrogens with zero attached hydrogens (tertiary/aromatic N) is 2. The molecule has 0 aromatic rings. The van der Waals surface area contributed by atoms with Gasteiger partial charge in [-0.15, -0.1) is 0 Å². The van der Waals surface area contributed by atoms with E-state index in [2.05, 4.69) is 11.9 Å². The molecule has 1 saturated heterocycles. The van der Waals surface area contributed by atoms with Crippen molar-refractivity contribution in [1.29, 1.82) is 0 Å². The molecule has 0 aliphatic carbocycles. The van der Waals surface area contributed by atoms with Crippen LogP contribution in [0.4, 0.5) is 0 Å². The summed E-state index contributed by atoms with van der Waals surface area (Å²) < 4.78 is 0. The fourth-order valence-electron chi connectivity index (χ4n) is 2.89. The van der Waals surface area contributed by atoms with Crippen LogP contribution >= 0.6 is 12.2 Å². The maximum absolute atomic E-state index is 12.8. The van der Waals surface area contributed by atoms with E-state index < -0.39 is 5.41 Å². The molecule has 4 nitrogen and oxygen atoms in total. The summed E-state index contributed by atoms with van der Waals surface area (Å²) >= 11 is 5.17. The Morgan fingerprint density at radius 1 is 1.37 bits per heavy atom. The van der Waals surface area contributed by atoms with Gasteiger partial charge in [0.15, 0.2) is 0 Å². The summed E-state index contributed by atoms with van der Waals surface area (Å²) in [6, 6.07) is 0.315. The van der Waals surface area contributed by atoms with Gasteiger partial charge in [0.2, 0.25) is 5.91 Å². The number of piperidine rings is 1. The average molecular weight is 285 g/mol. The fraction of sp³-hybridized carbons (Fsp3) is 0.857. The third-order valence-corrected chi connectivity index (χ3v) is 5.04. The van der Waals surface area contributed by atoms with Crippen molar-refractivity contribution >= 4 is 23.1 Å². The average Bonchev–Trinajstić information content (AvgIpc) is 2.40. The quantitative estimate of drug-likeness (QED) is 0.780. The third-order valence-electron chi connectivity index (χ3n) is 4.64. The largest absolute Gasteiger partial charge is 0.392 e. The minimum atomic E-state index is -0.659. The van der Waals surface area contributed by atoms with Gasteiger partial charge in [0.25, 0.3) is 0 Å². The van der Waals surface area contributed by atoms with Gasteiger partial charge >= 0.3 is 0 Å². The first kappa shape index (κ1) is 16.4. The molecule has 0 saturated carbocycles. The second-order valence-electron chi connectivity index (χ2n) is 5.60. The number of carbonyl (C=O) groups is 1. The molecule has 1 fully saturated rings. The zero-order valence-electron chi connectivity index (χ0n) is 12.6. The van der Waals surface area contributed by atoms with Crippen LogP contribution in [0.25, 0.3) is 0 Å². The number of nitrogens with two attached hydrogens (primary N) is 1. The molecule has 1 aliphatic rings. The number of thiocarbonyl (C=S) groups is 1. The molecule has 0 unspecified atom stereocenters. The Labute approximate surface area is 122 Å². The van der Waals surface area contributed by atoms with Gasteiger partial charge in [-0.3, -0.25) is 4.79 Å². The summed E-state index contributed by atoms with van der Waals surface area (Å²) in [7, 11) is 4.02. The summed E-state index contributed by atoms with van der Waals surface area (Å²) in [4.78, 5) is 17.3. The molecule has 5 heteroatoms. The topological polar surface area (TPSA) is 49.6 Å². The first-order valence-electron chi connectivity index (χ1n) is 7.14. The van der Waals surface area contributed by atoms with Gasteiger partial charge in [0.1, 0.15) is 0 Å². The fourth-order valence-corrected chi connectivity index (χ4v) is 3.27. The van der Waals surface area contributed by atoms with E-state index in [9.17, 15) is 4.79 Å². The van der Waals surface area contributed by atoms with Crippen molar-refractivity contribution in [1.82, 2.24) is 9.80 Å². The van der Waals surface area contributed by atoms with Gasteiger partial charge in [-0.2, -0.15) is 0 Å². The van der Waals surface area contributed by atoms with Crippen LogP contribution in [0.5, 0.6) is 0 Å². The normalized spacial score (nSPS) is 18.3. The van der Waals surface area contributed by atoms with Crippen molar-refractivity contribution in [3.05, 3.63) is 0 Å². The van der Waals surface area contributed by atoms with Crippen molar-refractivity contribution in [2.45, 2.75) is 45.6 Å². The van der Waals surface area contributed by atoms with Gasteiger partial charge in [-0.05, 0) is 45.8 Å². The van der Waals surface area contributed by atoms with Gasteiger partial charge in [-0.25, -0.2) is 0 Å². The molecule has 1 heterocycles. The number of hydrogen-bond acceptors (Lipinski definition) is 3. The standard InChI is InChI=1S/C14H27N3OS/c1-5-14(6-2,12(15)19)13(18)17(4)11-7-9-16(3)10-8-11/h11H,5-10H2,1-4H3,(H2,15,19). The first-order chi connectivity index (χ1) is 8.89. The maximum Gasteiger partial charge on any atom is 0.235 e. The maximum atomic E-state index is 12.8. The van der Waals surface area contributed by atoms with Gasteiger partial charge in [-0.1, -0.05) is 26.1 Å². The lowest BCUT2D eigenvalue weighted by atomic mass is 9.80. The number of carbonyl (C=O) groups excluding carboxylic acids is 1. The highest BCUT2D eigenvalue weighted by atomic mass is 32.1. The van der Waals surface area contributed by atoms with Gasteiger partial charge in [0.05, 0.1) is 10.4 Å². The molecular weight excluding hydrogens is 258 g/mol. The molecule has 19 heavy (non-hydrogen) atoms. The molecule has 0 radical (unpaired) electrons. The van der Waals surface area contributed by atoms with Crippen LogP contribution in [0.1, 0.15) is 39.5 Å². The van der Waals surface area contributed by atoms with Crippen LogP contribution in [0.15, 0.2) is 0 Å². The van der Waals surface area contributed by atoms with Crippen LogP contribution < -0.4 is 5.73 Å². The first-order valence-corrected chi connectivity index (χ1v) is 7.55. The highest BCUT2D eigenvalue weighted by molar-refractivity contribution is 7.80. The zero-order chi connectivity index (χ0) is 14.6. The lowest BCUT2D eigenvalue weighted by Gasteiger charge is -2.40. The molecule has 2 N–H and O–H groups in total. The second kappa shape index (κ2) is 6.66. The van der Waals surface area contributed by atoms with Crippen LogP contribution in [-0.4, -0.2) is 53.9 Å². The van der Waals surface area contributed by atoms with Crippen molar-refractivity contribution in [3.8, 4) is 0 Å². The molecule has 0 spiro atoms. The Morgan fingerprint density at radius 3 is 2.21 bits per heavy atom. The molecule has 0 aromatic carbocycles. The highest BCUT2D eigenvalue weighted by Crippen LogP contribution is 2.31. The highest BCUT2D eigenvalue weighted by Gasteiger charge is 2.41. The summed E-state index contributed by atoms with van der Waals surface area (Å²) in [5.41, 5.74) is 5.20. The Morgan fingerprint density at radius 2 is 1.84 bits per heavy atom. The van der Waals surface area contributed by atoms with E-state index in [0.29, 0.717) is 23.9 Å². The molecule has 1 aliphatic heterocycles. The monoisotopic (exact) mass is 285 g/mol. The number of rotatable bonds is 5. The van der Waals surface area contributed by atoms with E-state index in [1.807, 2.05) is 25.8 Å². The molecule has 1 amide bonds. The Hall–Kier alpha value is -0.680. The number of hydrogen-bond donors (Lipinski definition) is 1. The van der Waals surface area contributed by atoms with Gasteiger partial charge in [0, 0.05) is 13.1 Å². The molecule has 0 atom stereocenters. The molecule has 110 valence electrons. The van der Waals surface area contributed by atoms with Crippen LogP contribution in [0.2, 0.25) is 0 Å². The summed E-state index contributed by atoms with van der Waals surface area (Å²) in [5, 5.41) is 0. The van der Waals surface area contributed by atoms with Crippen LogP contribution in [-0.2, 0) is 4.79 Å². The Kier molecular flexibility index (Phi) is 5.74. The Bertz CT molecular complexity index is 334. The van der Waals surface area contributed by atoms with E-state index in [1.165, 1.54) is 0 Å². The smallest absolute Gasteiger partial charge is 0.235 e. The lowest BCUT2D eigenvalue weighted by Crippen LogP contribution is -2.53.